The van der Waals surface area contributed by atoms with Crippen molar-refractivity contribution in [3.05, 3.63) is 47.7 Å². The van der Waals surface area contributed by atoms with Crippen molar-refractivity contribution in [1.82, 2.24) is 10.3 Å². The molecule has 0 fully saturated rings. The summed E-state index contributed by atoms with van der Waals surface area (Å²) in [4.78, 5) is 16.1. The molecule has 3 rings (SSSR count). The highest BCUT2D eigenvalue weighted by Gasteiger charge is 2.12. The maximum absolute atomic E-state index is 12.2. The molecule has 0 saturated carbocycles. The van der Waals surface area contributed by atoms with Gasteiger partial charge in [0.05, 0.1) is 12.1 Å². The summed E-state index contributed by atoms with van der Waals surface area (Å²) in [6.07, 6.45) is 0. The van der Waals surface area contributed by atoms with E-state index in [-0.39, 0.29) is 29.7 Å². The number of rotatable bonds is 5. The third-order valence-electron chi connectivity index (χ3n) is 3.64. The number of carbonyl (C=O) groups excluding carboxylic acids is 1. The zero-order chi connectivity index (χ0) is 18.5. The maximum atomic E-state index is 12.2. The van der Waals surface area contributed by atoms with Crippen molar-refractivity contribution >= 4 is 28.5 Å². The van der Waals surface area contributed by atoms with Crippen LogP contribution in [0, 0.1) is 11.8 Å². The van der Waals surface area contributed by atoms with Crippen LogP contribution in [0.5, 0.6) is 5.75 Å². The lowest BCUT2D eigenvalue weighted by molar-refractivity contribution is 0.0949. The molecule has 0 saturated heterocycles. The minimum atomic E-state index is -0.349. The number of nitrogens with two attached hydrogens (primary N) is 2. The standard InChI is InChI=1S/C19H18N4O3/c1-2-3-8-25-13-5-4-12-9-14(26-16(12)10-13)11-22-19(24)15-6-7-17(20)23-18(15)21/h4-7,9-10H,8,11H2,1H3,(H,22,24)(H4,20,21,23). The number of aromatic nitrogens is 1. The van der Waals surface area contributed by atoms with Gasteiger partial charge in [-0.05, 0) is 37.3 Å². The smallest absolute Gasteiger partial charge is 0.255 e. The molecule has 2 heterocycles. The Morgan fingerprint density at radius 1 is 1.27 bits per heavy atom. The summed E-state index contributed by atoms with van der Waals surface area (Å²) in [7, 11) is 0. The van der Waals surface area contributed by atoms with Crippen molar-refractivity contribution in [3.63, 3.8) is 0 Å². The summed E-state index contributed by atoms with van der Waals surface area (Å²) >= 11 is 0. The molecule has 1 aromatic carbocycles. The molecule has 0 spiro atoms. The maximum Gasteiger partial charge on any atom is 0.255 e. The first-order valence-electron chi connectivity index (χ1n) is 7.92. The van der Waals surface area contributed by atoms with Gasteiger partial charge in [-0.3, -0.25) is 4.79 Å². The first-order valence-corrected chi connectivity index (χ1v) is 7.92. The summed E-state index contributed by atoms with van der Waals surface area (Å²) in [5.41, 5.74) is 12.2. The largest absolute Gasteiger partial charge is 0.481 e. The van der Waals surface area contributed by atoms with Crippen LogP contribution in [-0.4, -0.2) is 17.5 Å². The van der Waals surface area contributed by atoms with Crippen LogP contribution < -0.4 is 21.5 Å². The van der Waals surface area contributed by atoms with Crippen LogP contribution in [0.4, 0.5) is 11.6 Å². The number of anilines is 2. The van der Waals surface area contributed by atoms with Crippen molar-refractivity contribution < 1.29 is 13.9 Å². The summed E-state index contributed by atoms with van der Waals surface area (Å²) in [6, 6.07) is 10.4. The van der Waals surface area contributed by atoms with Gasteiger partial charge in [0.1, 0.15) is 35.3 Å². The second-order valence-electron chi connectivity index (χ2n) is 5.48. The SMILES string of the molecule is CC#CCOc1ccc2cc(CNC(=O)c3ccc(N)nc3N)oc2c1. The van der Waals surface area contributed by atoms with Gasteiger partial charge < -0.3 is 25.9 Å². The number of amides is 1. The van der Waals surface area contributed by atoms with Gasteiger partial charge in [-0.15, -0.1) is 5.92 Å². The van der Waals surface area contributed by atoms with E-state index in [4.69, 9.17) is 20.6 Å². The molecule has 0 unspecified atom stereocenters. The van der Waals surface area contributed by atoms with Gasteiger partial charge >= 0.3 is 0 Å². The predicted octanol–water partition coefficient (Wildman–Crippen LogP) is 2.32. The minimum Gasteiger partial charge on any atom is -0.481 e. The lowest BCUT2D eigenvalue weighted by atomic mass is 10.2. The third-order valence-corrected chi connectivity index (χ3v) is 3.64. The van der Waals surface area contributed by atoms with E-state index < -0.39 is 0 Å². The van der Waals surface area contributed by atoms with Crippen LogP contribution in [-0.2, 0) is 6.54 Å². The van der Waals surface area contributed by atoms with Crippen LogP contribution >= 0.6 is 0 Å². The monoisotopic (exact) mass is 350 g/mol. The number of nitrogen functional groups attached to an aromatic ring is 2. The molecule has 2 aromatic heterocycles. The minimum absolute atomic E-state index is 0.0871. The van der Waals surface area contributed by atoms with Crippen molar-refractivity contribution in [2.24, 2.45) is 0 Å². The Kier molecular flexibility index (Phi) is 4.94. The number of pyridine rings is 1. The molecule has 3 aromatic rings. The highest BCUT2D eigenvalue weighted by atomic mass is 16.5. The van der Waals surface area contributed by atoms with Crippen LogP contribution in [0.3, 0.4) is 0 Å². The molecule has 5 N–H and O–H groups in total. The van der Waals surface area contributed by atoms with Crippen LogP contribution in [0.2, 0.25) is 0 Å². The van der Waals surface area contributed by atoms with Gasteiger partial charge in [-0.2, -0.15) is 0 Å². The lowest BCUT2D eigenvalue weighted by Crippen LogP contribution is -2.24. The lowest BCUT2D eigenvalue weighted by Gasteiger charge is -2.06. The molecule has 1 amide bonds. The Labute approximate surface area is 150 Å². The molecule has 0 radical (unpaired) electrons. The fourth-order valence-electron chi connectivity index (χ4n) is 2.38. The number of nitrogens with one attached hydrogen (secondary N) is 1. The average molecular weight is 350 g/mol. The molecule has 0 bridgehead atoms. The predicted molar refractivity (Wildman–Crippen MR) is 99.4 cm³/mol. The number of benzene rings is 1. The molecule has 0 aliphatic carbocycles. The Bertz CT molecular complexity index is 1010. The fraction of sp³-hybridized carbons (Fsp3) is 0.158. The number of furan rings is 1. The van der Waals surface area contributed by atoms with Crippen LogP contribution in [0.15, 0.2) is 40.8 Å². The van der Waals surface area contributed by atoms with Crippen molar-refractivity contribution in [2.75, 3.05) is 18.1 Å². The number of ether oxygens (including phenoxy) is 1. The van der Waals surface area contributed by atoms with Crippen LogP contribution in [0.1, 0.15) is 23.0 Å². The van der Waals surface area contributed by atoms with E-state index in [1.165, 1.54) is 12.1 Å². The topological polar surface area (TPSA) is 116 Å². The van der Waals surface area contributed by atoms with Crippen molar-refractivity contribution in [3.8, 4) is 17.6 Å². The molecular weight excluding hydrogens is 332 g/mol. The van der Waals surface area contributed by atoms with Crippen LogP contribution in [0.25, 0.3) is 11.0 Å². The number of fused-ring (bicyclic) bond motifs is 1. The molecule has 0 atom stereocenters. The quantitative estimate of drug-likeness (QED) is 0.608. The average Bonchev–Trinajstić information content (AvgIpc) is 3.02. The van der Waals surface area contributed by atoms with E-state index >= 15 is 0 Å². The summed E-state index contributed by atoms with van der Waals surface area (Å²) in [6.45, 7) is 2.30. The zero-order valence-electron chi connectivity index (χ0n) is 14.2. The van der Waals surface area contributed by atoms with Gasteiger partial charge in [0.2, 0.25) is 0 Å². The van der Waals surface area contributed by atoms with E-state index in [1.807, 2.05) is 18.2 Å². The van der Waals surface area contributed by atoms with E-state index in [1.54, 1.807) is 13.0 Å². The Morgan fingerprint density at radius 2 is 2.12 bits per heavy atom. The molecular formula is C19H18N4O3. The number of hydrogen-bond acceptors (Lipinski definition) is 6. The second-order valence-corrected chi connectivity index (χ2v) is 5.48. The fourth-order valence-corrected chi connectivity index (χ4v) is 2.38. The van der Waals surface area contributed by atoms with Crippen molar-refractivity contribution in [1.29, 1.82) is 0 Å². The summed E-state index contributed by atoms with van der Waals surface area (Å²) in [5.74, 6) is 6.89. The Balaban J connectivity index is 1.68. The highest BCUT2D eigenvalue weighted by molar-refractivity contribution is 5.98. The normalized spacial score (nSPS) is 10.2. The van der Waals surface area contributed by atoms with E-state index in [0.29, 0.717) is 23.7 Å². The molecule has 132 valence electrons. The van der Waals surface area contributed by atoms with E-state index in [0.717, 1.165) is 5.39 Å². The molecule has 7 heteroatoms. The first kappa shape index (κ1) is 17.2. The van der Waals surface area contributed by atoms with Gasteiger partial charge in [0.15, 0.2) is 0 Å². The van der Waals surface area contributed by atoms with Gasteiger partial charge in [0.25, 0.3) is 5.91 Å². The molecule has 7 nitrogen and oxygen atoms in total. The summed E-state index contributed by atoms with van der Waals surface area (Å²) < 4.78 is 11.3. The number of nitrogens with zero attached hydrogens (tertiary/aromatic N) is 1. The molecule has 26 heavy (non-hydrogen) atoms. The second kappa shape index (κ2) is 7.49. The highest BCUT2D eigenvalue weighted by Crippen LogP contribution is 2.24. The third kappa shape index (κ3) is 3.87. The Morgan fingerprint density at radius 3 is 2.88 bits per heavy atom. The van der Waals surface area contributed by atoms with Crippen molar-refractivity contribution in [2.45, 2.75) is 13.5 Å². The zero-order valence-corrected chi connectivity index (χ0v) is 14.2. The first-order chi connectivity index (χ1) is 12.6. The Hall–Kier alpha value is -3.66. The van der Waals surface area contributed by atoms with Gasteiger partial charge in [0, 0.05) is 11.5 Å². The van der Waals surface area contributed by atoms with Gasteiger partial charge in [-0.25, -0.2) is 4.98 Å². The number of carbonyl (C=O) groups is 1. The van der Waals surface area contributed by atoms with E-state index in [2.05, 4.69) is 22.1 Å². The molecule has 0 aliphatic heterocycles. The number of hydrogen-bond donors (Lipinski definition) is 3. The van der Waals surface area contributed by atoms with Gasteiger partial charge in [-0.1, -0.05) is 5.92 Å². The summed E-state index contributed by atoms with van der Waals surface area (Å²) in [5, 5.41) is 3.66. The van der Waals surface area contributed by atoms with E-state index in [9.17, 15) is 4.79 Å². The molecule has 0 aliphatic rings.